The molecule has 0 bridgehead atoms. The quantitative estimate of drug-likeness (QED) is 0.166. The Balaban J connectivity index is 1.72. The first-order valence-electron chi connectivity index (χ1n) is 13.4. The summed E-state index contributed by atoms with van der Waals surface area (Å²) in [6, 6.07) is 28.9. The second-order valence-corrected chi connectivity index (χ2v) is 10.7. The predicted molar refractivity (Wildman–Crippen MR) is 162 cm³/mol. The third-order valence-electron chi connectivity index (χ3n) is 6.87. The molecule has 5 rings (SSSR count). The number of para-hydroxylation sites is 2. The molecule has 4 aromatic carbocycles. The Hall–Kier alpha value is -4.18. The van der Waals surface area contributed by atoms with Crippen LogP contribution >= 0.6 is 0 Å². The largest absolute Gasteiger partial charge is 0.256 e. The lowest BCUT2D eigenvalue weighted by atomic mass is 9.82. The number of hydrogen-bond donors (Lipinski definition) is 0. The van der Waals surface area contributed by atoms with Crippen molar-refractivity contribution in [2.75, 3.05) is 0 Å². The van der Waals surface area contributed by atoms with Crippen molar-refractivity contribution in [1.82, 2.24) is 10.2 Å². The van der Waals surface area contributed by atoms with E-state index in [-0.39, 0.29) is 5.41 Å². The number of fused-ring (bicyclic) bond motifs is 3. The minimum absolute atomic E-state index is 0.0691. The maximum Gasteiger partial charge on any atom is 0.103 e. The topological polar surface area (TPSA) is 50.5 Å². The van der Waals surface area contributed by atoms with Crippen LogP contribution in [0.1, 0.15) is 62.8 Å². The van der Waals surface area contributed by atoms with Crippen molar-refractivity contribution in [3.8, 4) is 0 Å². The van der Waals surface area contributed by atoms with E-state index in [1.54, 1.807) is 0 Å². The average molecular weight is 499 g/mol. The average Bonchev–Trinajstić information content (AvgIpc) is 2.93. The number of benzene rings is 4. The fraction of sp³-hybridized carbons (Fsp3) is 0.235. The summed E-state index contributed by atoms with van der Waals surface area (Å²) >= 11 is 0. The van der Waals surface area contributed by atoms with Gasteiger partial charge in [-0.2, -0.15) is 0 Å². The normalized spacial score (nSPS) is 12.3. The van der Waals surface area contributed by atoms with Gasteiger partial charge in [-0.1, -0.05) is 94.8 Å². The van der Waals surface area contributed by atoms with Gasteiger partial charge < -0.3 is 0 Å². The van der Waals surface area contributed by atoms with E-state index in [0.29, 0.717) is 0 Å². The molecular weight excluding hydrogens is 464 g/mol. The maximum absolute atomic E-state index is 4.83. The van der Waals surface area contributed by atoms with E-state index in [0.717, 1.165) is 63.6 Å². The van der Waals surface area contributed by atoms with Crippen LogP contribution in [0.5, 0.6) is 0 Å². The summed E-state index contributed by atoms with van der Waals surface area (Å²) in [6.07, 6.45) is 7.15. The van der Waals surface area contributed by atoms with Gasteiger partial charge in [0.1, 0.15) is 11.0 Å². The molecule has 0 radical (unpaired) electrons. The molecule has 0 N–H and O–H groups in total. The van der Waals surface area contributed by atoms with Gasteiger partial charge in [0.2, 0.25) is 0 Å². The lowest BCUT2D eigenvalue weighted by molar-refractivity contribution is 0.590. The highest BCUT2D eigenvalue weighted by Crippen LogP contribution is 2.34. The molecular formula is C34H34N4. The summed E-state index contributed by atoms with van der Waals surface area (Å²) in [5, 5.41) is 11.8. The highest BCUT2D eigenvalue weighted by atomic mass is 15.1. The molecule has 0 aliphatic heterocycles. The van der Waals surface area contributed by atoms with Gasteiger partial charge in [-0.25, -0.2) is 0 Å². The van der Waals surface area contributed by atoms with E-state index in [1.807, 2.05) is 73.1 Å². The molecule has 0 spiro atoms. The predicted octanol–water partition coefficient (Wildman–Crippen LogP) is 8.92. The zero-order valence-corrected chi connectivity index (χ0v) is 22.6. The van der Waals surface area contributed by atoms with Gasteiger partial charge in [0.05, 0.1) is 11.4 Å². The molecule has 1 heterocycles. The van der Waals surface area contributed by atoms with Crippen LogP contribution in [0.3, 0.4) is 0 Å². The third-order valence-corrected chi connectivity index (χ3v) is 6.87. The van der Waals surface area contributed by atoms with Crippen molar-refractivity contribution in [3.63, 3.8) is 0 Å². The zero-order chi connectivity index (χ0) is 26.5. The molecule has 0 saturated carbocycles. The molecule has 0 unspecified atom stereocenters. The Morgan fingerprint density at radius 3 is 1.74 bits per heavy atom. The highest BCUT2D eigenvalue weighted by molar-refractivity contribution is 6.13. The molecule has 0 aliphatic carbocycles. The van der Waals surface area contributed by atoms with E-state index in [2.05, 4.69) is 52.0 Å². The molecule has 0 fully saturated rings. The fourth-order valence-corrected chi connectivity index (χ4v) is 4.83. The number of aromatic nitrogens is 2. The van der Waals surface area contributed by atoms with E-state index in [9.17, 15) is 0 Å². The number of aliphatic imine (C=N–C) groups is 2. The Labute approximate surface area is 225 Å². The summed E-state index contributed by atoms with van der Waals surface area (Å²) in [5.41, 5.74) is 8.05. The van der Waals surface area contributed by atoms with E-state index >= 15 is 0 Å². The van der Waals surface area contributed by atoms with E-state index in [4.69, 9.17) is 20.2 Å². The van der Waals surface area contributed by atoms with E-state index < -0.39 is 0 Å². The third kappa shape index (κ3) is 5.40. The van der Waals surface area contributed by atoms with Gasteiger partial charge in [0.25, 0.3) is 0 Å². The van der Waals surface area contributed by atoms with Crippen LogP contribution in [0.4, 0.5) is 11.4 Å². The summed E-state index contributed by atoms with van der Waals surface area (Å²) in [5.74, 6) is 0. The lowest BCUT2D eigenvalue weighted by Gasteiger charge is -2.22. The van der Waals surface area contributed by atoms with Crippen LogP contribution in [0.15, 0.2) is 94.9 Å². The van der Waals surface area contributed by atoms with E-state index in [1.165, 1.54) is 11.1 Å². The second kappa shape index (κ2) is 11.1. The Bertz CT molecular complexity index is 1610. The zero-order valence-electron chi connectivity index (χ0n) is 22.6. The van der Waals surface area contributed by atoms with Gasteiger partial charge in [-0.15, -0.1) is 10.2 Å². The van der Waals surface area contributed by atoms with Crippen LogP contribution in [0.25, 0.3) is 21.8 Å². The van der Waals surface area contributed by atoms with Crippen molar-refractivity contribution in [3.05, 3.63) is 107 Å². The molecule has 0 amide bonds. The Kier molecular flexibility index (Phi) is 7.41. The van der Waals surface area contributed by atoms with Gasteiger partial charge in [-0.3, -0.25) is 9.98 Å². The lowest BCUT2D eigenvalue weighted by Crippen LogP contribution is -2.15. The van der Waals surface area contributed by atoms with Crippen LogP contribution < -0.4 is 0 Å². The molecule has 0 aliphatic rings. The number of hydrogen-bond acceptors (Lipinski definition) is 4. The van der Waals surface area contributed by atoms with Gasteiger partial charge in [0, 0.05) is 34.3 Å². The first-order valence-corrected chi connectivity index (χ1v) is 13.4. The molecule has 190 valence electrons. The minimum atomic E-state index is -0.0691. The van der Waals surface area contributed by atoms with Crippen molar-refractivity contribution < 1.29 is 0 Å². The number of aryl methyl sites for hydroxylation is 1. The minimum Gasteiger partial charge on any atom is -0.256 e. The molecule has 0 saturated heterocycles. The standard InChI is InChI=1S/C34H34N4/c1-5-6-13-24-18-19-27-28-20-21-31(34(2,3)4)30(23-36-26-16-11-8-12-17-26)33(28)38-37-32(27)29(24)22-35-25-14-9-7-10-15-25/h7-12,14-23H,5-6,13H2,1-4H3. The van der Waals surface area contributed by atoms with Crippen LogP contribution in [-0.4, -0.2) is 22.6 Å². The van der Waals surface area contributed by atoms with Gasteiger partial charge in [0.15, 0.2) is 0 Å². The molecule has 4 heteroatoms. The second-order valence-electron chi connectivity index (χ2n) is 10.7. The summed E-state index contributed by atoms with van der Waals surface area (Å²) in [4.78, 5) is 9.58. The van der Waals surface area contributed by atoms with Crippen LogP contribution in [0.2, 0.25) is 0 Å². The van der Waals surface area contributed by atoms with Crippen LogP contribution in [0, 0.1) is 0 Å². The summed E-state index contributed by atoms with van der Waals surface area (Å²) in [6.45, 7) is 8.89. The van der Waals surface area contributed by atoms with Gasteiger partial charge >= 0.3 is 0 Å². The summed E-state index contributed by atoms with van der Waals surface area (Å²) in [7, 11) is 0. The highest BCUT2D eigenvalue weighted by Gasteiger charge is 2.21. The van der Waals surface area contributed by atoms with Crippen molar-refractivity contribution >= 4 is 45.6 Å². The number of rotatable bonds is 7. The number of nitrogens with zero attached hydrogens (tertiary/aromatic N) is 4. The molecule has 5 aromatic rings. The Morgan fingerprint density at radius 1 is 0.658 bits per heavy atom. The molecule has 1 aromatic heterocycles. The monoisotopic (exact) mass is 498 g/mol. The fourth-order valence-electron chi connectivity index (χ4n) is 4.83. The first kappa shape index (κ1) is 25.5. The first-order chi connectivity index (χ1) is 18.5. The maximum atomic E-state index is 4.83. The SMILES string of the molecule is CCCCc1ccc2c(nnc3c(C=Nc4ccccc4)c(C(C)(C)C)ccc32)c1C=Nc1ccccc1. The molecule has 4 nitrogen and oxygen atoms in total. The molecule has 38 heavy (non-hydrogen) atoms. The number of unbranched alkanes of at least 4 members (excludes halogenated alkanes) is 1. The summed E-state index contributed by atoms with van der Waals surface area (Å²) < 4.78 is 0. The van der Waals surface area contributed by atoms with Crippen molar-refractivity contribution in [2.24, 2.45) is 9.98 Å². The smallest absolute Gasteiger partial charge is 0.103 e. The van der Waals surface area contributed by atoms with Gasteiger partial charge in [-0.05, 0) is 53.6 Å². The van der Waals surface area contributed by atoms with Crippen LogP contribution in [-0.2, 0) is 11.8 Å². The molecule has 0 atom stereocenters. The Morgan fingerprint density at radius 2 is 1.18 bits per heavy atom. The van der Waals surface area contributed by atoms with Crippen molar-refractivity contribution in [1.29, 1.82) is 0 Å². The van der Waals surface area contributed by atoms with Crippen molar-refractivity contribution in [2.45, 2.75) is 52.4 Å².